The summed E-state index contributed by atoms with van der Waals surface area (Å²) in [5.41, 5.74) is 8.89. The first-order chi connectivity index (χ1) is 17.2. The average Bonchev–Trinajstić information content (AvgIpc) is 3.23. The molecular weight excluding hydrogens is 448 g/mol. The van der Waals surface area contributed by atoms with Gasteiger partial charge < -0.3 is 19.1 Å². The van der Waals surface area contributed by atoms with Gasteiger partial charge in [0, 0.05) is 30.2 Å². The van der Waals surface area contributed by atoms with E-state index in [4.69, 9.17) is 9.47 Å². The van der Waals surface area contributed by atoms with E-state index in [1.807, 2.05) is 6.07 Å². The fraction of sp³-hybridized carbons (Fsp3) is 0.355. The maximum Gasteiger partial charge on any atom is 0.162 e. The summed E-state index contributed by atoms with van der Waals surface area (Å²) in [6.07, 6.45) is 2.95. The second kappa shape index (κ2) is 10.00. The van der Waals surface area contributed by atoms with Gasteiger partial charge in [-0.3, -0.25) is 4.90 Å². The largest absolute Gasteiger partial charge is 0.493 e. The van der Waals surface area contributed by atoms with Gasteiger partial charge in [-0.2, -0.15) is 0 Å². The van der Waals surface area contributed by atoms with Gasteiger partial charge in [-0.15, -0.1) is 0 Å². The molecule has 2 aliphatic rings. The van der Waals surface area contributed by atoms with Gasteiger partial charge >= 0.3 is 0 Å². The number of para-hydroxylation sites is 1. The van der Waals surface area contributed by atoms with E-state index >= 15 is 0 Å². The van der Waals surface area contributed by atoms with Gasteiger partial charge in [0.15, 0.2) is 11.5 Å². The summed E-state index contributed by atoms with van der Waals surface area (Å²) in [4.78, 5) is 2.55. The van der Waals surface area contributed by atoms with Crippen LogP contribution in [-0.2, 0) is 39.1 Å². The molecule has 1 unspecified atom stereocenters. The van der Waals surface area contributed by atoms with E-state index in [2.05, 4.69) is 71.0 Å². The second-order valence-electron chi connectivity index (χ2n) is 9.61. The number of aliphatic hydroxyl groups is 1. The lowest BCUT2D eigenvalue weighted by atomic mass is 9.85. The molecule has 1 atom stereocenters. The summed E-state index contributed by atoms with van der Waals surface area (Å²) in [7, 11) is 1.72. The van der Waals surface area contributed by atoms with Crippen molar-refractivity contribution in [1.29, 1.82) is 0 Å². The van der Waals surface area contributed by atoms with Crippen LogP contribution >= 0.6 is 0 Å². The highest BCUT2D eigenvalue weighted by Gasteiger charge is 2.35. The topological polar surface area (TPSA) is 46.9 Å². The number of aryl methyl sites for hydroxylation is 1. The number of hydrogen-bond donors (Lipinski definition) is 1. The number of rotatable bonds is 6. The standard InChI is InChI=1S/C30H32N2O3.CH4/c1-3-20-8-10-21(11-9-20)18-35-30-16-24-22(14-29(30)34-2)12-13-31-17-28-25(15-27(24)31)23-6-4-5-7-26(23)32(28)19-33;/h4-11,14,16,27,33H,3,12-13,15,17-19H2,1-2H3;1H4. The third-order valence-corrected chi connectivity index (χ3v) is 7.81. The predicted octanol–water partition coefficient (Wildman–Crippen LogP) is 6.03. The molecule has 0 amide bonds. The molecule has 0 aliphatic carbocycles. The van der Waals surface area contributed by atoms with Crippen molar-refractivity contribution in [3.05, 3.63) is 94.2 Å². The van der Waals surface area contributed by atoms with Gasteiger partial charge in [0.25, 0.3) is 0 Å². The first kappa shape index (κ1) is 24.4. The predicted molar refractivity (Wildman–Crippen MR) is 145 cm³/mol. The molecule has 0 radical (unpaired) electrons. The summed E-state index contributed by atoms with van der Waals surface area (Å²) in [5.74, 6) is 1.60. The van der Waals surface area contributed by atoms with Gasteiger partial charge in [0.05, 0.1) is 12.6 Å². The molecule has 0 spiro atoms. The van der Waals surface area contributed by atoms with Crippen LogP contribution in [0.5, 0.6) is 11.5 Å². The average molecular weight is 485 g/mol. The molecule has 4 aromatic rings. The Balaban J connectivity index is 0.00000267. The Morgan fingerprint density at radius 1 is 1.00 bits per heavy atom. The van der Waals surface area contributed by atoms with E-state index in [0.717, 1.165) is 54.9 Å². The number of hydrogen-bond acceptors (Lipinski definition) is 4. The number of nitrogens with zero attached hydrogens (tertiary/aromatic N) is 2. The van der Waals surface area contributed by atoms with E-state index in [1.54, 1.807) is 7.11 Å². The van der Waals surface area contributed by atoms with Crippen molar-refractivity contribution in [3.63, 3.8) is 0 Å². The van der Waals surface area contributed by atoms with Gasteiger partial charge in [0.2, 0.25) is 0 Å². The molecule has 5 nitrogen and oxygen atoms in total. The van der Waals surface area contributed by atoms with Crippen molar-refractivity contribution in [2.24, 2.45) is 0 Å². The van der Waals surface area contributed by atoms with E-state index < -0.39 is 0 Å². The maximum absolute atomic E-state index is 10.1. The summed E-state index contributed by atoms with van der Waals surface area (Å²) >= 11 is 0. The van der Waals surface area contributed by atoms with Crippen LogP contribution in [0.3, 0.4) is 0 Å². The third kappa shape index (κ3) is 4.06. The van der Waals surface area contributed by atoms with Crippen LogP contribution in [0.4, 0.5) is 0 Å². The van der Waals surface area contributed by atoms with Crippen LogP contribution in [-0.4, -0.2) is 28.2 Å². The molecule has 1 N–H and O–H groups in total. The number of aliphatic hydroxyl groups excluding tert-OH is 1. The lowest BCUT2D eigenvalue weighted by Crippen LogP contribution is -2.39. The second-order valence-corrected chi connectivity index (χ2v) is 9.61. The molecule has 0 bridgehead atoms. The number of fused-ring (bicyclic) bond motifs is 6. The van der Waals surface area contributed by atoms with Crippen LogP contribution in [0.25, 0.3) is 10.9 Å². The SMILES string of the molecule is C.CCc1ccc(COc2cc3c(cc2OC)CCN2Cc4c(c5ccccc5n4CO)CC32)cc1. The van der Waals surface area contributed by atoms with E-state index in [-0.39, 0.29) is 14.2 Å². The molecule has 3 heterocycles. The molecule has 3 aromatic carbocycles. The monoisotopic (exact) mass is 484 g/mol. The number of aromatic nitrogens is 1. The van der Waals surface area contributed by atoms with Crippen LogP contribution in [0.15, 0.2) is 60.7 Å². The first-order valence-electron chi connectivity index (χ1n) is 12.6. The van der Waals surface area contributed by atoms with Crippen LogP contribution in [0.1, 0.15) is 53.9 Å². The lowest BCUT2D eigenvalue weighted by molar-refractivity contribution is 0.145. The fourth-order valence-electron chi connectivity index (χ4n) is 5.88. The number of methoxy groups -OCH3 is 1. The highest BCUT2D eigenvalue weighted by Crippen LogP contribution is 2.44. The van der Waals surface area contributed by atoms with Crippen LogP contribution in [0.2, 0.25) is 0 Å². The van der Waals surface area contributed by atoms with Crippen LogP contribution in [0, 0.1) is 0 Å². The van der Waals surface area contributed by atoms with Gasteiger partial charge in [-0.1, -0.05) is 56.8 Å². The Hall–Kier alpha value is -3.28. The quantitative estimate of drug-likeness (QED) is 0.363. The van der Waals surface area contributed by atoms with Gasteiger partial charge in [0.1, 0.15) is 13.3 Å². The normalized spacial score (nSPS) is 16.6. The molecule has 188 valence electrons. The zero-order valence-corrected chi connectivity index (χ0v) is 20.5. The zero-order valence-electron chi connectivity index (χ0n) is 20.5. The third-order valence-electron chi connectivity index (χ3n) is 7.81. The molecule has 6 rings (SSSR count). The van der Waals surface area contributed by atoms with Gasteiger partial charge in [-0.05, 0) is 65.3 Å². The maximum atomic E-state index is 10.1. The first-order valence-corrected chi connectivity index (χ1v) is 12.6. The highest BCUT2D eigenvalue weighted by atomic mass is 16.5. The molecule has 0 fully saturated rings. The lowest BCUT2D eigenvalue weighted by Gasteiger charge is -2.41. The smallest absolute Gasteiger partial charge is 0.162 e. The van der Waals surface area contributed by atoms with Crippen molar-refractivity contribution in [2.45, 2.75) is 59.5 Å². The minimum absolute atomic E-state index is 0. The summed E-state index contributed by atoms with van der Waals surface area (Å²) in [5, 5.41) is 11.4. The minimum Gasteiger partial charge on any atom is -0.493 e. The van der Waals surface area contributed by atoms with Crippen molar-refractivity contribution in [2.75, 3.05) is 13.7 Å². The fourth-order valence-corrected chi connectivity index (χ4v) is 5.88. The number of benzene rings is 3. The molecule has 2 aliphatic heterocycles. The Morgan fingerprint density at radius 2 is 1.78 bits per heavy atom. The Kier molecular flexibility index (Phi) is 6.78. The Bertz CT molecular complexity index is 1370. The van der Waals surface area contributed by atoms with E-state index in [0.29, 0.717) is 12.6 Å². The molecule has 0 saturated carbocycles. The van der Waals surface area contributed by atoms with Gasteiger partial charge in [-0.25, -0.2) is 0 Å². The Morgan fingerprint density at radius 3 is 2.53 bits per heavy atom. The minimum atomic E-state index is 0. The van der Waals surface area contributed by atoms with Crippen molar-refractivity contribution in [3.8, 4) is 11.5 Å². The molecule has 36 heavy (non-hydrogen) atoms. The molecule has 0 saturated heterocycles. The van der Waals surface area contributed by atoms with Crippen LogP contribution < -0.4 is 9.47 Å². The summed E-state index contributed by atoms with van der Waals surface area (Å²) in [6.45, 7) is 4.54. The Labute approximate surface area is 213 Å². The van der Waals surface area contributed by atoms with Crippen molar-refractivity contribution in [1.82, 2.24) is 9.47 Å². The van der Waals surface area contributed by atoms with E-state index in [1.165, 1.54) is 33.3 Å². The molecular formula is C31H36N2O3. The summed E-state index contributed by atoms with van der Waals surface area (Å²) < 4.78 is 14.1. The molecule has 1 aromatic heterocycles. The highest BCUT2D eigenvalue weighted by molar-refractivity contribution is 5.86. The zero-order chi connectivity index (χ0) is 23.9. The molecule has 5 heteroatoms. The van der Waals surface area contributed by atoms with Crippen molar-refractivity contribution >= 4 is 10.9 Å². The summed E-state index contributed by atoms with van der Waals surface area (Å²) in [6, 6.07) is 21.7. The van der Waals surface area contributed by atoms with E-state index in [9.17, 15) is 5.11 Å². The van der Waals surface area contributed by atoms with Crippen molar-refractivity contribution < 1.29 is 14.6 Å². The number of ether oxygens (including phenoxy) is 2.